The fourth-order valence-electron chi connectivity index (χ4n) is 2.23. The van der Waals surface area contributed by atoms with Crippen molar-refractivity contribution in [3.8, 4) is 0 Å². The van der Waals surface area contributed by atoms with Gasteiger partial charge in [-0.1, -0.05) is 15.9 Å². The lowest BCUT2D eigenvalue weighted by atomic mass is 10.1. The predicted molar refractivity (Wildman–Crippen MR) is 74.0 cm³/mol. The third kappa shape index (κ3) is 4.34. The second kappa shape index (κ2) is 7.22. The Morgan fingerprint density at radius 1 is 1.44 bits per heavy atom. The minimum absolute atomic E-state index is 0.186. The van der Waals surface area contributed by atoms with E-state index in [9.17, 15) is 4.39 Å². The molecule has 1 unspecified atom stereocenters. The van der Waals surface area contributed by atoms with E-state index in [0.29, 0.717) is 12.6 Å². The molecule has 0 radical (unpaired) electrons. The normalized spacial score (nSPS) is 19.3. The van der Waals surface area contributed by atoms with Crippen molar-refractivity contribution in [2.45, 2.75) is 38.3 Å². The van der Waals surface area contributed by atoms with Gasteiger partial charge >= 0.3 is 0 Å². The van der Waals surface area contributed by atoms with Crippen LogP contribution < -0.4 is 5.32 Å². The van der Waals surface area contributed by atoms with Crippen molar-refractivity contribution in [1.29, 1.82) is 0 Å². The molecule has 1 heterocycles. The Hall–Kier alpha value is -0.450. The summed E-state index contributed by atoms with van der Waals surface area (Å²) in [6, 6.07) is 4.78. The second-order valence-electron chi connectivity index (χ2n) is 4.69. The highest BCUT2D eigenvalue weighted by molar-refractivity contribution is 9.10. The lowest BCUT2D eigenvalue weighted by molar-refractivity contribution is 0.102. The van der Waals surface area contributed by atoms with Crippen LogP contribution in [0.5, 0.6) is 0 Å². The zero-order valence-corrected chi connectivity index (χ0v) is 12.0. The fraction of sp³-hybridized carbons (Fsp3) is 0.571. The van der Waals surface area contributed by atoms with Crippen LogP contribution in [0, 0.1) is 5.82 Å². The third-order valence-corrected chi connectivity index (χ3v) is 4.00. The molecule has 1 aromatic rings. The van der Waals surface area contributed by atoms with Crippen LogP contribution in [-0.2, 0) is 11.3 Å². The lowest BCUT2D eigenvalue weighted by Crippen LogP contribution is -2.17. The Morgan fingerprint density at radius 2 is 2.33 bits per heavy atom. The first-order valence-corrected chi connectivity index (χ1v) is 7.31. The summed E-state index contributed by atoms with van der Waals surface area (Å²) in [5.41, 5.74) is 0.965. The van der Waals surface area contributed by atoms with Gasteiger partial charge in [0.25, 0.3) is 0 Å². The van der Waals surface area contributed by atoms with Gasteiger partial charge < -0.3 is 10.1 Å². The Balaban J connectivity index is 1.64. The summed E-state index contributed by atoms with van der Waals surface area (Å²) in [6.45, 7) is 2.57. The summed E-state index contributed by atoms with van der Waals surface area (Å²) < 4.78 is 19.6. The number of halogens is 2. The van der Waals surface area contributed by atoms with Gasteiger partial charge in [0.1, 0.15) is 5.82 Å². The van der Waals surface area contributed by atoms with E-state index in [4.69, 9.17) is 4.74 Å². The molecule has 18 heavy (non-hydrogen) atoms. The maximum Gasteiger partial charge on any atom is 0.123 e. The fourth-order valence-corrected chi connectivity index (χ4v) is 2.62. The van der Waals surface area contributed by atoms with Crippen LogP contribution in [0.4, 0.5) is 4.39 Å². The average molecular weight is 316 g/mol. The van der Waals surface area contributed by atoms with Crippen molar-refractivity contribution in [1.82, 2.24) is 5.32 Å². The molecule has 0 aliphatic carbocycles. The molecule has 2 nitrogen and oxygen atoms in total. The highest BCUT2D eigenvalue weighted by Crippen LogP contribution is 2.18. The van der Waals surface area contributed by atoms with E-state index >= 15 is 0 Å². The van der Waals surface area contributed by atoms with Crippen molar-refractivity contribution in [3.63, 3.8) is 0 Å². The van der Waals surface area contributed by atoms with Crippen LogP contribution >= 0.6 is 15.9 Å². The SMILES string of the molecule is Fc1ccc(Br)c(CNCCCC2CCCO2)c1. The van der Waals surface area contributed by atoms with E-state index in [1.165, 1.54) is 18.9 Å². The molecule has 1 aliphatic rings. The predicted octanol–water partition coefficient (Wildman–Crippen LogP) is 3.64. The van der Waals surface area contributed by atoms with Gasteiger partial charge in [0.15, 0.2) is 0 Å². The smallest absolute Gasteiger partial charge is 0.123 e. The topological polar surface area (TPSA) is 21.3 Å². The number of benzene rings is 1. The number of nitrogens with one attached hydrogen (secondary N) is 1. The number of rotatable bonds is 6. The summed E-state index contributed by atoms with van der Waals surface area (Å²) in [5, 5.41) is 3.34. The van der Waals surface area contributed by atoms with Crippen molar-refractivity contribution >= 4 is 15.9 Å². The van der Waals surface area contributed by atoms with Gasteiger partial charge in [0.2, 0.25) is 0 Å². The molecule has 0 spiro atoms. The molecular formula is C14H19BrFNO. The van der Waals surface area contributed by atoms with Crippen LogP contribution in [0.1, 0.15) is 31.2 Å². The minimum atomic E-state index is -0.186. The van der Waals surface area contributed by atoms with Crippen LogP contribution in [0.2, 0.25) is 0 Å². The molecule has 1 saturated heterocycles. The summed E-state index contributed by atoms with van der Waals surface area (Å²) in [7, 11) is 0. The Kier molecular flexibility index (Phi) is 5.60. The quantitative estimate of drug-likeness (QED) is 0.809. The number of ether oxygens (including phenoxy) is 1. The van der Waals surface area contributed by atoms with Crippen molar-refractivity contribution in [2.75, 3.05) is 13.2 Å². The summed E-state index contributed by atoms with van der Waals surface area (Å²) >= 11 is 3.43. The first kappa shape index (κ1) is 14.0. The Morgan fingerprint density at radius 3 is 3.11 bits per heavy atom. The van der Waals surface area contributed by atoms with Gasteiger partial charge in [-0.25, -0.2) is 4.39 Å². The van der Waals surface area contributed by atoms with E-state index in [2.05, 4.69) is 21.2 Å². The summed E-state index contributed by atoms with van der Waals surface area (Å²) in [6.07, 6.45) is 5.10. The highest BCUT2D eigenvalue weighted by atomic mass is 79.9. The molecule has 0 bridgehead atoms. The molecule has 0 saturated carbocycles. The maximum absolute atomic E-state index is 13.1. The van der Waals surface area contributed by atoms with Crippen LogP contribution in [0.3, 0.4) is 0 Å². The monoisotopic (exact) mass is 315 g/mol. The summed E-state index contributed by atoms with van der Waals surface area (Å²) in [5.74, 6) is -0.186. The van der Waals surface area contributed by atoms with Gasteiger partial charge in [0, 0.05) is 17.6 Å². The van der Waals surface area contributed by atoms with Crippen LogP contribution in [0.25, 0.3) is 0 Å². The van der Waals surface area contributed by atoms with Gasteiger partial charge in [-0.15, -0.1) is 0 Å². The van der Waals surface area contributed by atoms with Gasteiger partial charge in [-0.3, -0.25) is 0 Å². The molecule has 1 aromatic carbocycles. The van der Waals surface area contributed by atoms with E-state index < -0.39 is 0 Å². The van der Waals surface area contributed by atoms with E-state index in [1.807, 2.05) is 0 Å². The standard InChI is InChI=1S/C14H19BrFNO/c15-14-6-5-12(16)9-11(14)10-17-7-1-3-13-4-2-8-18-13/h5-6,9,13,17H,1-4,7-8,10H2. The van der Waals surface area contributed by atoms with Crippen LogP contribution in [0.15, 0.2) is 22.7 Å². The van der Waals surface area contributed by atoms with Gasteiger partial charge in [0.05, 0.1) is 6.10 Å². The van der Waals surface area contributed by atoms with Crippen molar-refractivity contribution < 1.29 is 9.13 Å². The summed E-state index contributed by atoms with van der Waals surface area (Å²) in [4.78, 5) is 0. The molecule has 100 valence electrons. The second-order valence-corrected chi connectivity index (χ2v) is 5.54. The molecule has 4 heteroatoms. The minimum Gasteiger partial charge on any atom is -0.378 e. The van der Waals surface area contributed by atoms with Crippen LogP contribution in [-0.4, -0.2) is 19.3 Å². The Bertz CT molecular complexity index is 380. The molecule has 1 fully saturated rings. The lowest BCUT2D eigenvalue weighted by Gasteiger charge is -2.10. The zero-order chi connectivity index (χ0) is 12.8. The highest BCUT2D eigenvalue weighted by Gasteiger charge is 2.14. The first-order chi connectivity index (χ1) is 8.75. The molecule has 1 N–H and O–H groups in total. The molecule has 0 aromatic heterocycles. The molecule has 2 rings (SSSR count). The van der Waals surface area contributed by atoms with Crippen molar-refractivity contribution in [2.24, 2.45) is 0 Å². The van der Waals surface area contributed by atoms with Gasteiger partial charge in [-0.2, -0.15) is 0 Å². The average Bonchev–Trinajstić information content (AvgIpc) is 2.86. The maximum atomic E-state index is 13.1. The van der Waals surface area contributed by atoms with Crippen molar-refractivity contribution in [3.05, 3.63) is 34.1 Å². The van der Waals surface area contributed by atoms with E-state index in [-0.39, 0.29) is 5.82 Å². The third-order valence-electron chi connectivity index (χ3n) is 3.23. The number of hydrogen-bond donors (Lipinski definition) is 1. The van der Waals surface area contributed by atoms with E-state index in [1.54, 1.807) is 12.1 Å². The largest absolute Gasteiger partial charge is 0.378 e. The Labute approximate surface area is 116 Å². The molecule has 1 aliphatic heterocycles. The molecule has 1 atom stereocenters. The molecular weight excluding hydrogens is 297 g/mol. The molecule has 0 amide bonds. The first-order valence-electron chi connectivity index (χ1n) is 6.52. The van der Waals surface area contributed by atoms with Gasteiger partial charge in [-0.05, 0) is 56.0 Å². The zero-order valence-electron chi connectivity index (χ0n) is 10.4. The van der Waals surface area contributed by atoms with E-state index in [0.717, 1.165) is 36.0 Å². The number of hydrogen-bond acceptors (Lipinski definition) is 2.